The Morgan fingerprint density at radius 3 is 2.74 bits per heavy atom. The number of nitrogens with one attached hydrogen (secondary N) is 1. The highest BCUT2D eigenvalue weighted by Gasteiger charge is 2.36. The quantitative estimate of drug-likeness (QED) is 0.869. The smallest absolute Gasteiger partial charge is 0.222 e. The van der Waals surface area contributed by atoms with Gasteiger partial charge < -0.3 is 16.0 Å². The summed E-state index contributed by atoms with van der Waals surface area (Å²) >= 11 is 6.11. The predicted octanol–water partition coefficient (Wildman–Crippen LogP) is 2.14. The van der Waals surface area contributed by atoms with E-state index in [1.807, 2.05) is 0 Å². The average Bonchev–Trinajstić information content (AvgIpc) is 2.35. The number of anilines is 2. The van der Waals surface area contributed by atoms with E-state index < -0.39 is 0 Å². The van der Waals surface area contributed by atoms with Crippen LogP contribution >= 0.6 is 11.6 Å². The van der Waals surface area contributed by atoms with E-state index in [-0.39, 0.29) is 5.95 Å². The molecule has 0 saturated carbocycles. The van der Waals surface area contributed by atoms with Crippen molar-refractivity contribution in [3.8, 4) is 0 Å². The molecule has 1 aromatic heterocycles. The van der Waals surface area contributed by atoms with Crippen LogP contribution in [0.3, 0.4) is 0 Å². The van der Waals surface area contributed by atoms with Crippen LogP contribution in [-0.2, 0) is 0 Å². The summed E-state index contributed by atoms with van der Waals surface area (Å²) in [5.74, 6) is 0.932. The number of rotatable bonds is 2. The maximum Gasteiger partial charge on any atom is 0.222 e. The summed E-state index contributed by atoms with van der Waals surface area (Å²) < 4.78 is 0. The normalized spacial score (nSPS) is 31.2. The van der Waals surface area contributed by atoms with Crippen LogP contribution < -0.4 is 11.1 Å². The molecule has 2 aliphatic rings. The minimum atomic E-state index is 0.264. The van der Waals surface area contributed by atoms with Crippen LogP contribution in [0.1, 0.15) is 32.1 Å². The highest BCUT2D eigenvalue weighted by atomic mass is 35.5. The second-order valence-electron chi connectivity index (χ2n) is 5.64. The number of aromatic nitrogens is 2. The molecular formula is C13H20ClN5. The van der Waals surface area contributed by atoms with Crippen molar-refractivity contribution in [2.24, 2.45) is 0 Å². The Labute approximate surface area is 118 Å². The number of fused-ring (bicyclic) bond motifs is 2. The summed E-state index contributed by atoms with van der Waals surface area (Å²) in [6.45, 7) is 0. The maximum absolute atomic E-state index is 6.11. The first kappa shape index (κ1) is 12.9. The Balaban J connectivity index is 1.72. The molecule has 19 heavy (non-hydrogen) atoms. The molecule has 3 heterocycles. The molecule has 104 valence electrons. The fourth-order valence-electron chi connectivity index (χ4n) is 3.41. The Bertz CT molecular complexity index is 452. The van der Waals surface area contributed by atoms with Crippen LogP contribution in [0, 0.1) is 0 Å². The van der Waals surface area contributed by atoms with E-state index in [1.54, 1.807) is 6.20 Å². The molecule has 0 spiro atoms. The number of hydrogen-bond donors (Lipinski definition) is 2. The third-order valence-corrected chi connectivity index (χ3v) is 4.72. The van der Waals surface area contributed by atoms with Crippen molar-refractivity contribution in [2.45, 2.75) is 50.2 Å². The first-order valence-electron chi connectivity index (χ1n) is 6.90. The molecule has 2 unspecified atom stereocenters. The van der Waals surface area contributed by atoms with Gasteiger partial charge in [0.2, 0.25) is 5.95 Å². The monoisotopic (exact) mass is 281 g/mol. The van der Waals surface area contributed by atoms with Gasteiger partial charge in [0, 0.05) is 18.1 Å². The van der Waals surface area contributed by atoms with Gasteiger partial charge in [-0.3, -0.25) is 0 Å². The standard InChI is InChI=1S/C13H20ClN5/c1-19-9-3-2-4-10(19)6-8(5-9)17-12-11(14)7-16-13(15)18-12/h7-10H,2-6H2,1H3,(H3,15,16,17,18). The van der Waals surface area contributed by atoms with Gasteiger partial charge in [-0.15, -0.1) is 0 Å². The molecule has 5 nitrogen and oxygen atoms in total. The largest absolute Gasteiger partial charge is 0.368 e. The third-order valence-electron chi connectivity index (χ3n) is 4.44. The summed E-state index contributed by atoms with van der Waals surface area (Å²) in [6.07, 6.45) is 7.80. The van der Waals surface area contributed by atoms with E-state index in [4.69, 9.17) is 17.3 Å². The summed E-state index contributed by atoms with van der Waals surface area (Å²) in [4.78, 5) is 10.6. The second kappa shape index (κ2) is 5.13. The predicted molar refractivity (Wildman–Crippen MR) is 77.3 cm³/mol. The molecule has 0 amide bonds. The lowest BCUT2D eigenvalue weighted by molar-refractivity contribution is 0.0608. The molecule has 0 aliphatic carbocycles. The number of hydrogen-bond acceptors (Lipinski definition) is 5. The number of nitrogen functional groups attached to an aromatic ring is 1. The van der Waals surface area contributed by atoms with Gasteiger partial charge in [-0.1, -0.05) is 18.0 Å². The van der Waals surface area contributed by atoms with Crippen molar-refractivity contribution in [3.63, 3.8) is 0 Å². The fraction of sp³-hybridized carbons (Fsp3) is 0.692. The van der Waals surface area contributed by atoms with Crippen LogP contribution in [0.5, 0.6) is 0 Å². The van der Waals surface area contributed by atoms with Gasteiger partial charge in [0.1, 0.15) is 5.02 Å². The molecule has 2 aliphatic heterocycles. The topological polar surface area (TPSA) is 67.1 Å². The van der Waals surface area contributed by atoms with Crippen molar-refractivity contribution in [1.29, 1.82) is 0 Å². The Hall–Kier alpha value is -1.07. The number of nitrogens with zero attached hydrogens (tertiary/aromatic N) is 3. The molecule has 0 aromatic carbocycles. The van der Waals surface area contributed by atoms with Crippen LogP contribution in [0.25, 0.3) is 0 Å². The van der Waals surface area contributed by atoms with E-state index in [2.05, 4.69) is 27.2 Å². The van der Waals surface area contributed by atoms with Crippen LogP contribution in [0.4, 0.5) is 11.8 Å². The van der Waals surface area contributed by atoms with Crippen LogP contribution in [0.15, 0.2) is 6.20 Å². The van der Waals surface area contributed by atoms with Crippen molar-refractivity contribution in [3.05, 3.63) is 11.2 Å². The maximum atomic E-state index is 6.11. The van der Waals surface area contributed by atoms with Gasteiger partial charge >= 0.3 is 0 Å². The van der Waals surface area contributed by atoms with Crippen molar-refractivity contribution < 1.29 is 0 Å². The van der Waals surface area contributed by atoms with Gasteiger partial charge in [0.15, 0.2) is 5.82 Å². The zero-order valence-electron chi connectivity index (χ0n) is 11.1. The summed E-state index contributed by atoms with van der Waals surface area (Å²) in [5, 5.41) is 3.99. The lowest BCUT2D eigenvalue weighted by atomic mass is 9.82. The molecule has 0 radical (unpaired) electrons. The van der Waals surface area contributed by atoms with E-state index in [0.29, 0.717) is 29.0 Å². The number of nitrogens with two attached hydrogens (primary N) is 1. The molecule has 1 aromatic rings. The highest BCUT2D eigenvalue weighted by Crippen LogP contribution is 2.34. The molecule has 2 fully saturated rings. The molecule has 2 atom stereocenters. The minimum absolute atomic E-state index is 0.264. The minimum Gasteiger partial charge on any atom is -0.368 e. The van der Waals surface area contributed by atoms with Gasteiger partial charge in [0.05, 0.1) is 6.20 Å². The zero-order chi connectivity index (χ0) is 13.4. The Morgan fingerprint density at radius 1 is 1.37 bits per heavy atom. The lowest BCUT2D eigenvalue weighted by Gasteiger charge is -2.47. The summed E-state index contributed by atoms with van der Waals surface area (Å²) in [6, 6.07) is 1.80. The Morgan fingerprint density at radius 2 is 2.05 bits per heavy atom. The number of halogens is 1. The second-order valence-corrected chi connectivity index (χ2v) is 6.05. The average molecular weight is 282 g/mol. The van der Waals surface area contributed by atoms with E-state index >= 15 is 0 Å². The van der Waals surface area contributed by atoms with Crippen molar-refractivity contribution in [2.75, 3.05) is 18.1 Å². The third kappa shape index (κ3) is 2.62. The van der Waals surface area contributed by atoms with E-state index in [1.165, 1.54) is 19.3 Å². The Kier molecular flexibility index (Phi) is 3.50. The van der Waals surface area contributed by atoms with Gasteiger partial charge in [-0.2, -0.15) is 4.98 Å². The van der Waals surface area contributed by atoms with Crippen LogP contribution in [-0.4, -0.2) is 40.0 Å². The molecule has 2 bridgehead atoms. The van der Waals surface area contributed by atoms with Gasteiger partial charge in [-0.25, -0.2) is 4.98 Å². The van der Waals surface area contributed by atoms with Gasteiger partial charge in [-0.05, 0) is 32.7 Å². The van der Waals surface area contributed by atoms with Crippen molar-refractivity contribution >= 4 is 23.4 Å². The van der Waals surface area contributed by atoms with Crippen molar-refractivity contribution in [1.82, 2.24) is 14.9 Å². The van der Waals surface area contributed by atoms with Gasteiger partial charge in [0.25, 0.3) is 0 Å². The lowest BCUT2D eigenvalue weighted by Crippen LogP contribution is -2.52. The van der Waals surface area contributed by atoms with E-state index in [9.17, 15) is 0 Å². The summed E-state index contributed by atoms with van der Waals surface area (Å²) in [7, 11) is 2.25. The molecular weight excluding hydrogens is 262 g/mol. The SMILES string of the molecule is CN1C2CCCC1CC(Nc1nc(N)ncc1Cl)C2. The first-order chi connectivity index (χ1) is 9.13. The molecule has 2 saturated heterocycles. The zero-order valence-corrected chi connectivity index (χ0v) is 11.9. The van der Waals surface area contributed by atoms with E-state index in [0.717, 1.165) is 12.8 Å². The fourth-order valence-corrected chi connectivity index (χ4v) is 3.55. The first-order valence-corrected chi connectivity index (χ1v) is 7.28. The molecule has 3 N–H and O–H groups in total. The summed E-state index contributed by atoms with van der Waals surface area (Å²) in [5.41, 5.74) is 5.62. The van der Waals surface area contributed by atoms with Crippen LogP contribution in [0.2, 0.25) is 5.02 Å². The number of piperidine rings is 2. The molecule has 6 heteroatoms. The highest BCUT2D eigenvalue weighted by molar-refractivity contribution is 6.32. The molecule has 3 rings (SSSR count).